The van der Waals surface area contributed by atoms with E-state index in [2.05, 4.69) is 25.3 Å². The van der Waals surface area contributed by atoms with Crippen LogP contribution in [0.3, 0.4) is 0 Å². The van der Waals surface area contributed by atoms with Crippen LogP contribution in [0.2, 0.25) is 0 Å². The fourth-order valence-electron chi connectivity index (χ4n) is 3.71. The first-order valence-electron chi connectivity index (χ1n) is 9.96. The zero-order valence-electron chi connectivity index (χ0n) is 16.9. The van der Waals surface area contributed by atoms with Gasteiger partial charge < -0.3 is 19.5 Å². The number of aromatic nitrogens is 3. The number of ether oxygens (including phenoxy) is 1. The molecular formula is C21H23N5O4. The number of anilines is 2. The summed E-state index contributed by atoms with van der Waals surface area (Å²) in [7, 11) is 0. The molecule has 2 aromatic heterocycles. The molecule has 3 heterocycles. The van der Waals surface area contributed by atoms with E-state index in [0.29, 0.717) is 30.1 Å². The van der Waals surface area contributed by atoms with E-state index in [1.807, 2.05) is 6.92 Å². The Morgan fingerprint density at radius 2 is 2.20 bits per heavy atom. The average Bonchev–Trinajstić information content (AvgIpc) is 3.15. The van der Waals surface area contributed by atoms with Gasteiger partial charge in [-0.2, -0.15) is 4.98 Å². The van der Waals surface area contributed by atoms with Gasteiger partial charge in [-0.05, 0) is 44.9 Å². The SMILES string of the molecule is CCOC(=O)c1cccc(NC(=O)C2CCCN(c3ncnc4onc(C)c34)C2)c1. The first-order chi connectivity index (χ1) is 14.6. The highest BCUT2D eigenvalue weighted by molar-refractivity contribution is 5.96. The Labute approximate surface area is 173 Å². The van der Waals surface area contributed by atoms with Crippen molar-refractivity contribution in [2.75, 3.05) is 29.9 Å². The Morgan fingerprint density at radius 1 is 1.33 bits per heavy atom. The first kappa shape index (κ1) is 19.8. The molecule has 156 valence electrons. The van der Waals surface area contributed by atoms with Crippen LogP contribution in [0.15, 0.2) is 35.1 Å². The Kier molecular flexibility index (Phi) is 5.60. The second kappa shape index (κ2) is 8.48. The molecule has 9 nitrogen and oxygen atoms in total. The molecule has 0 spiro atoms. The Hall–Kier alpha value is -3.49. The Morgan fingerprint density at radius 3 is 3.03 bits per heavy atom. The maximum Gasteiger partial charge on any atom is 0.338 e. The molecule has 0 bridgehead atoms. The minimum Gasteiger partial charge on any atom is -0.462 e. The van der Waals surface area contributed by atoms with Gasteiger partial charge in [-0.25, -0.2) is 9.78 Å². The lowest BCUT2D eigenvalue weighted by Gasteiger charge is -2.33. The number of benzene rings is 1. The van der Waals surface area contributed by atoms with Gasteiger partial charge in [0.05, 0.1) is 23.8 Å². The molecule has 1 aromatic carbocycles. The molecule has 1 atom stereocenters. The lowest BCUT2D eigenvalue weighted by molar-refractivity contribution is -0.120. The number of amides is 1. The van der Waals surface area contributed by atoms with Crippen LogP contribution in [0.4, 0.5) is 11.5 Å². The van der Waals surface area contributed by atoms with Gasteiger partial charge >= 0.3 is 5.97 Å². The summed E-state index contributed by atoms with van der Waals surface area (Å²) in [6.45, 7) is 5.22. The molecule has 30 heavy (non-hydrogen) atoms. The van der Waals surface area contributed by atoms with Crippen molar-refractivity contribution in [3.8, 4) is 0 Å². The molecule has 0 saturated carbocycles. The van der Waals surface area contributed by atoms with Crippen molar-refractivity contribution in [1.82, 2.24) is 15.1 Å². The van der Waals surface area contributed by atoms with Crippen LogP contribution in [-0.4, -0.2) is 46.7 Å². The molecule has 9 heteroatoms. The largest absolute Gasteiger partial charge is 0.462 e. The van der Waals surface area contributed by atoms with Gasteiger partial charge in [-0.15, -0.1) is 0 Å². The molecule has 1 unspecified atom stereocenters. The summed E-state index contributed by atoms with van der Waals surface area (Å²) in [5, 5.41) is 7.68. The van der Waals surface area contributed by atoms with Crippen LogP contribution in [-0.2, 0) is 9.53 Å². The van der Waals surface area contributed by atoms with Gasteiger partial charge in [0.2, 0.25) is 5.91 Å². The van der Waals surface area contributed by atoms with Gasteiger partial charge in [0.15, 0.2) is 0 Å². The van der Waals surface area contributed by atoms with Gasteiger partial charge in [0.25, 0.3) is 5.71 Å². The van der Waals surface area contributed by atoms with E-state index >= 15 is 0 Å². The van der Waals surface area contributed by atoms with Gasteiger partial charge in [0, 0.05) is 18.8 Å². The molecule has 1 aliphatic rings. The molecule has 3 aromatic rings. The molecule has 1 amide bonds. The lowest BCUT2D eigenvalue weighted by atomic mass is 9.96. The van der Waals surface area contributed by atoms with Crippen molar-refractivity contribution in [2.45, 2.75) is 26.7 Å². The maximum atomic E-state index is 12.9. The number of nitrogens with zero attached hydrogens (tertiary/aromatic N) is 4. The van der Waals surface area contributed by atoms with E-state index in [1.165, 1.54) is 6.33 Å². The van der Waals surface area contributed by atoms with Crippen LogP contribution < -0.4 is 10.2 Å². The summed E-state index contributed by atoms with van der Waals surface area (Å²) in [4.78, 5) is 35.5. The number of aryl methyl sites for hydroxylation is 1. The first-order valence-corrected chi connectivity index (χ1v) is 9.96. The molecule has 1 N–H and O–H groups in total. The zero-order chi connectivity index (χ0) is 21.1. The summed E-state index contributed by atoms with van der Waals surface area (Å²) in [6.07, 6.45) is 3.08. The number of hydrogen-bond donors (Lipinski definition) is 1. The molecule has 0 radical (unpaired) electrons. The van der Waals surface area contributed by atoms with Crippen LogP contribution in [0.5, 0.6) is 0 Å². The Balaban J connectivity index is 1.48. The van der Waals surface area contributed by atoms with Crippen molar-refractivity contribution in [2.24, 2.45) is 5.92 Å². The number of hydrogen-bond acceptors (Lipinski definition) is 8. The number of carbonyl (C=O) groups excluding carboxylic acids is 2. The fourth-order valence-corrected chi connectivity index (χ4v) is 3.71. The summed E-state index contributed by atoms with van der Waals surface area (Å²) < 4.78 is 10.3. The van der Waals surface area contributed by atoms with E-state index in [4.69, 9.17) is 9.26 Å². The summed E-state index contributed by atoms with van der Waals surface area (Å²) in [6, 6.07) is 6.78. The lowest BCUT2D eigenvalue weighted by Crippen LogP contribution is -2.41. The third-order valence-corrected chi connectivity index (χ3v) is 5.16. The number of rotatable bonds is 5. The normalized spacial score (nSPS) is 16.5. The van der Waals surface area contributed by atoms with Gasteiger partial charge in [-0.3, -0.25) is 4.79 Å². The predicted octanol–water partition coefficient (Wildman–Crippen LogP) is 2.96. The highest BCUT2D eigenvalue weighted by Gasteiger charge is 2.28. The number of nitrogens with one attached hydrogen (secondary N) is 1. The van der Waals surface area contributed by atoms with Crippen LogP contribution in [0.1, 0.15) is 35.8 Å². The second-order valence-electron chi connectivity index (χ2n) is 7.22. The quantitative estimate of drug-likeness (QED) is 0.641. The van der Waals surface area contributed by atoms with Crippen molar-refractivity contribution >= 4 is 34.5 Å². The summed E-state index contributed by atoms with van der Waals surface area (Å²) >= 11 is 0. The number of carbonyl (C=O) groups is 2. The fraction of sp³-hybridized carbons (Fsp3) is 0.381. The van der Waals surface area contributed by atoms with Gasteiger partial charge in [0.1, 0.15) is 17.5 Å². The number of piperidine rings is 1. The standard InChI is InChI=1S/C21H23N5O4/c1-3-29-21(28)14-6-4-8-16(10-14)24-19(27)15-7-5-9-26(11-15)18-17-13(2)25-30-20(17)23-12-22-18/h4,6,8,10,12,15H,3,5,7,9,11H2,1-2H3,(H,24,27). The topological polar surface area (TPSA) is 110 Å². The van der Waals surface area contributed by atoms with Crippen LogP contribution in [0.25, 0.3) is 11.1 Å². The second-order valence-corrected chi connectivity index (χ2v) is 7.22. The molecule has 1 fully saturated rings. The zero-order valence-corrected chi connectivity index (χ0v) is 16.9. The van der Waals surface area contributed by atoms with Crippen molar-refractivity contribution in [1.29, 1.82) is 0 Å². The van der Waals surface area contributed by atoms with Crippen LogP contribution in [0, 0.1) is 12.8 Å². The monoisotopic (exact) mass is 409 g/mol. The third kappa shape index (κ3) is 3.96. The van der Waals surface area contributed by atoms with E-state index in [9.17, 15) is 9.59 Å². The minimum atomic E-state index is -0.408. The highest BCUT2D eigenvalue weighted by atomic mass is 16.5. The van der Waals surface area contributed by atoms with E-state index in [1.54, 1.807) is 31.2 Å². The van der Waals surface area contributed by atoms with Crippen molar-refractivity contribution < 1.29 is 18.8 Å². The predicted molar refractivity (Wildman–Crippen MR) is 110 cm³/mol. The molecule has 1 saturated heterocycles. The summed E-state index contributed by atoms with van der Waals surface area (Å²) in [5.74, 6) is 0.0260. The van der Waals surface area contributed by atoms with E-state index in [0.717, 1.165) is 36.3 Å². The molecule has 4 rings (SSSR count). The summed E-state index contributed by atoms with van der Waals surface area (Å²) in [5.41, 5.74) is 2.15. The Bertz CT molecular complexity index is 1080. The van der Waals surface area contributed by atoms with Crippen molar-refractivity contribution in [3.63, 3.8) is 0 Å². The molecule has 1 aliphatic heterocycles. The van der Waals surface area contributed by atoms with Crippen LogP contribution >= 0.6 is 0 Å². The van der Waals surface area contributed by atoms with E-state index in [-0.39, 0.29) is 11.8 Å². The van der Waals surface area contributed by atoms with Crippen molar-refractivity contribution in [3.05, 3.63) is 41.9 Å². The smallest absolute Gasteiger partial charge is 0.338 e. The minimum absolute atomic E-state index is 0.0898. The average molecular weight is 409 g/mol. The van der Waals surface area contributed by atoms with Gasteiger partial charge in [-0.1, -0.05) is 11.2 Å². The number of esters is 1. The molecular weight excluding hydrogens is 386 g/mol. The molecule has 0 aliphatic carbocycles. The number of fused-ring (bicyclic) bond motifs is 1. The maximum absolute atomic E-state index is 12.9. The van der Waals surface area contributed by atoms with E-state index < -0.39 is 5.97 Å². The third-order valence-electron chi connectivity index (χ3n) is 5.16. The highest BCUT2D eigenvalue weighted by Crippen LogP contribution is 2.29.